The summed E-state index contributed by atoms with van der Waals surface area (Å²) in [4.78, 5) is 0. The van der Waals surface area contributed by atoms with Gasteiger partial charge in [0.1, 0.15) is 0 Å². The molecule has 3 rings (SSSR count). The van der Waals surface area contributed by atoms with Crippen LogP contribution >= 0.6 is 11.6 Å². The van der Waals surface area contributed by atoms with Crippen molar-refractivity contribution in [3.63, 3.8) is 0 Å². The third kappa shape index (κ3) is 4.09. The zero-order valence-electron chi connectivity index (χ0n) is 13.3. The summed E-state index contributed by atoms with van der Waals surface area (Å²) in [5, 5.41) is 3.50. The third-order valence-electron chi connectivity index (χ3n) is 4.62. The highest BCUT2D eigenvalue weighted by atomic mass is 35.5. The van der Waals surface area contributed by atoms with E-state index in [0.717, 1.165) is 18.4 Å². The van der Waals surface area contributed by atoms with Crippen molar-refractivity contribution in [2.75, 3.05) is 13.2 Å². The lowest BCUT2D eigenvalue weighted by molar-refractivity contribution is -0.189. The second kappa shape index (κ2) is 7.40. The predicted molar refractivity (Wildman–Crippen MR) is 85.7 cm³/mol. The lowest BCUT2D eigenvalue weighted by Gasteiger charge is -2.33. The largest absolute Gasteiger partial charge is 0.489 e. The second-order valence-corrected chi connectivity index (χ2v) is 6.78. The maximum absolute atomic E-state index is 13.2. The Morgan fingerprint density at radius 3 is 2.62 bits per heavy atom. The summed E-state index contributed by atoms with van der Waals surface area (Å²) in [5.41, 5.74) is 0.802. The Hall–Kier alpha value is -1.14. The van der Waals surface area contributed by atoms with Gasteiger partial charge < -0.3 is 14.8 Å². The Morgan fingerprint density at radius 2 is 1.83 bits per heavy atom. The Labute approximate surface area is 144 Å². The van der Waals surface area contributed by atoms with Crippen molar-refractivity contribution in [2.24, 2.45) is 5.92 Å². The molecule has 1 aliphatic heterocycles. The topological polar surface area (TPSA) is 30.5 Å². The molecule has 1 fully saturated rings. The van der Waals surface area contributed by atoms with Crippen LogP contribution < -0.4 is 14.8 Å². The van der Waals surface area contributed by atoms with E-state index in [4.69, 9.17) is 21.1 Å². The first-order chi connectivity index (χ1) is 11.4. The normalized spacial score (nSPS) is 24.5. The number of hydrogen-bond acceptors (Lipinski definition) is 3. The highest BCUT2D eigenvalue weighted by Crippen LogP contribution is 2.39. The first-order valence-electron chi connectivity index (χ1n) is 8.33. The minimum Gasteiger partial charge on any atom is -0.489 e. The van der Waals surface area contributed by atoms with Crippen molar-refractivity contribution in [1.29, 1.82) is 0 Å². The molecule has 24 heavy (non-hydrogen) atoms. The molecule has 134 valence electrons. The fraction of sp³-hybridized carbons (Fsp3) is 0.647. The van der Waals surface area contributed by atoms with Crippen LogP contribution in [0.15, 0.2) is 12.1 Å². The summed E-state index contributed by atoms with van der Waals surface area (Å²) >= 11 is 6.23. The quantitative estimate of drug-likeness (QED) is 0.843. The number of rotatable bonds is 3. The van der Waals surface area contributed by atoms with E-state index in [2.05, 4.69) is 5.32 Å². The van der Waals surface area contributed by atoms with Gasteiger partial charge in [-0.3, -0.25) is 0 Å². The number of ether oxygens (including phenoxy) is 2. The van der Waals surface area contributed by atoms with Crippen LogP contribution in [0, 0.1) is 5.92 Å². The molecule has 1 aromatic rings. The van der Waals surface area contributed by atoms with Crippen LogP contribution in [0.4, 0.5) is 13.2 Å². The van der Waals surface area contributed by atoms with E-state index >= 15 is 0 Å². The lowest BCUT2D eigenvalue weighted by Crippen LogP contribution is -2.45. The van der Waals surface area contributed by atoms with Crippen molar-refractivity contribution < 1.29 is 22.6 Å². The first-order valence-corrected chi connectivity index (χ1v) is 8.71. The number of benzene rings is 1. The maximum Gasteiger partial charge on any atom is 0.393 e. The maximum atomic E-state index is 13.2. The third-order valence-corrected chi connectivity index (χ3v) is 4.90. The highest BCUT2D eigenvalue weighted by molar-refractivity contribution is 6.32. The molecule has 3 nitrogen and oxygen atoms in total. The first kappa shape index (κ1) is 17.7. The zero-order chi connectivity index (χ0) is 17.2. The summed E-state index contributed by atoms with van der Waals surface area (Å²) in [6.45, 7) is 1.41. The second-order valence-electron chi connectivity index (χ2n) is 6.38. The molecule has 1 heterocycles. The molecule has 0 unspecified atom stereocenters. The van der Waals surface area contributed by atoms with Gasteiger partial charge in [0.25, 0.3) is 0 Å². The van der Waals surface area contributed by atoms with Gasteiger partial charge in [0.05, 0.1) is 24.2 Å². The van der Waals surface area contributed by atoms with Crippen LogP contribution in [0.1, 0.15) is 37.7 Å². The van der Waals surface area contributed by atoms with Gasteiger partial charge in [-0.1, -0.05) is 24.4 Å². The molecule has 1 saturated carbocycles. The average Bonchev–Trinajstić information content (AvgIpc) is 2.78. The van der Waals surface area contributed by atoms with Crippen molar-refractivity contribution in [2.45, 2.75) is 50.9 Å². The summed E-state index contributed by atoms with van der Waals surface area (Å²) in [6, 6.07) is 2.98. The van der Waals surface area contributed by atoms with Crippen molar-refractivity contribution in [1.82, 2.24) is 5.32 Å². The van der Waals surface area contributed by atoms with E-state index in [1.807, 2.05) is 0 Å². The molecule has 0 amide bonds. The molecule has 2 atom stereocenters. The number of hydrogen-bond donors (Lipinski definition) is 1. The Balaban J connectivity index is 1.70. The van der Waals surface area contributed by atoms with Gasteiger partial charge >= 0.3 is 6.18 Å². The van der Waals surface area contributed by atoms with Crippen LogP contribution in [0.3, 0.4) is 0 Å². The van der Waals surface area contributed by atoms with E-state index in [9.17, 15) is 13.2 Å². The van der Waals surface area contributed by atoms with E-state index in [0.29, 0.717) is 49.1 Å². The number of fused-ring (bicyclic) bond motifs is 1. The molecule has 0 bridgehead atoms. The molecule has 0 saturated heterocycles. The van der Waals surface area contributed by atoms with Crippen LogP contribution in [-0.4, -0.2) is 25.4 Å². The fourth-order valence-electron chi connectivity index (χ4n) is 3.40. The fourth-order valence-corrected chi connectivity index (χ4v) is 3.69. The van der Waals surface area contributed by atoms with Gasteiger partial charge in [0, 0.05) is 19.0 Å². The van der Waals surface area contributed by atoms with Gasteiger partial charge in [0.2, 0.25) is 0 Å². The van der Waals surface area contributed by atoms with Gasteiger partial charge in [-0.15, -0.1) is 0 Å². The van der Waals surface area contributed by atoms with Crippen molar-refractivity contribution in [3.05, 3.63) is 22.7 Å². The van der Waals surface area contributed by atoms with Crippen molar-refractivity contribution in [3.8, 4) is 11.5 Å². The van der Waals surface area contributed by atoms with E-state index < -0.39 is 18.1 Å². The van der Waals surface area contributed by atoms with Gasteiger partial charge in [0.15, 0.2) is 11.5 Å². The van der Waals surface area contributed by atoms with E-state index in [1.165, 1.54) is 0 Å². The van der Waals surface area contributed by atoms with E-state index in [1.54, 1.807) is 12.1 Å². The zero-order valence-corrected chi connectivity index (χ0v) is 14.1. The number of nitrogens with one attached hydrogen (secondary N) is 1. The van der Waals surface area contributed by atoms with Crippen molar-refractivity contribution >= 4 is 11.6 Å². The van der Waals surface area contributed by atoms with Gasteiger partial charge in [-0.25, -0.2) is 0 Å². The summed E-state index contributed by atoms with van der Waals surface area (Å²) < 4.78 is 50.6. The van der Waals surface area contributed by atoms with E-state index in [-0.39, 0.29) is 6.42 Å². The summed E-state index contributed by atoms with van der Waals surface area (Å²) in [5.74, 6) is -0.196. The molecule has 1 aliphatic carbocycles. The molecule has 1 aromatic carbocycles. The van der Waals surface area contributed by atoms with Gasteiger partial charge in [-0.05, 0) is 30.5 Å². The molecule has 0 spiro atoms. The molecule has 0 aromatic heterocycles. The van der Waals surface area contributed by atoms with Crippen LogP contribution in [0.2, 0.25) is 5.02 Å². The molecular formula is C17H21ClF3NO2. The van der Waals surface area contributed by atoms with Gasteiger partial charge in [-0.2, -0.15) is 13.2 Å². The van der Waals surface area contributed by atoms with Crippen LogP contribution in [0.5, 0.6) is 11.5 Å². The monoisotopic (exact) mass is 363 g/mol. The minimum absolute atomic E-state index is 0.197. The molecule has 0 radical (unpaired) electrons. The predicted octanol–water partition coefficient (Wildman–Crippen LogP) is 4.71. The summed E-state index contributed by atoms with van der Waals surface area (Å²) in [7, 11) is 0. The SMILES string of the molecule is FC(F)(F)[C@H]1CCCC[C@H]1NCc1cc(Cl)c2c(c1)OCCCO2. The average molecular weight is 364 g/mol. The lowest BCUT2D eigenvalue weighted by atomic mass is 9.84. The van der Waals surface area contributed by atoms with Crippen LogP contribution in [0.25, 0.3) is 0 Å². The highest BCUT2D eigenvalue weighted by Gasteiger charge is 2.45. The number of halogens is 4. The Morgan fingerprint density at radius 1 is 1.08 bits per heavy atom. The molecule has 1 N–H and O–H groups in total. The number of alkyl halides is 3. The minimum atomic E-state index is -4.15. The standard InChI is InChI=1S/C17H21ClF3NO2/c18-13-8-11(9-15-16(13)24-7-3-6-23-15)10-22-14-5-2-1-4-12(14)17(19,20)21/h8-9,12,14,22H,1-7,10H2/t12-,14+/m0/s1. The van der Waals surface area contributed by atoms with Crippen LogP contribution in [-0.2, 0) is 6.54 Å². The summed E-state index contributed by atoms with van der Waals surface area (Å²) in [6.07, 6.45) is -1.18. The molecule has 7 heteroatoms. The molecule has 2 aliphatic rings. The molecular weight excluding hydrogens is 343 g/mol. The Bertz CT molecular complexity index is 580. The smallest absolute Gasteiger partial charge is 0.393 e. The Kier molecular flexibility index (Phi) is 5.45.